The second kappa shape index (κ2) is 7.09. The Morgan fingerprint density at radius 2 is 1.68 bits per heavy atom. The minimum atomic E-state index is -3.57. The zero-order valence-electron chi connectivity index (χ0n) is 12.2. The zero-order valence-corrected chi connectivity index (χ0v) is 13.0. The van der Waals surface area contributed by atoms with Gasteiger partial charge in [-0.25, -0.2) is 13.2 Å². The van der Waals surface area contributed by atoms with Gasteiger partial charge in [0.25, 0.3) is 0 Å². The predicted molar refractivity (Wildman–Crippen MR) is 83.0 cm³/mol. The van der Waals surface area contributed by atoms with Crippen molar-refractivity contribution in [2.24, 2.45) is 0 Å². The molecule has 116 valence electrons. The van der Waals surface area contributed by atoms with E-state index in [4.69, 9.17) is 4.74 Å². The summed E-state index contributed by atoms with van der Waals surface area (Å²) in [6, 6.07) is 15.6. The van der Waals surface area contributed by atoms with E-state index in [1.807, 2.05) is 37.3 Å². The molecule has 0 aliphatic rings. The Kier molecular flexibility index (Phi) is 5.16. The standard InChI is InChI=1S/C16H17NO4S/c1-13-7-9-15(10-8-13)22(19,20)12-17-16(18)21-11-14-5-3-2-4-6-14/h2-10H,11-12H2,1H3,(H,17,18). The molecule has 5 nitrogen and oxygen atoms in total. The molecular formula is C16H17NO4S. The highest BCUT2D eigenvalue weighted by Gasteiger charge is 2.15. The Hall–Kier alpha value is -2.34. The summed E-state index contributed by atoms with van der Waals surface area (Å²) in [5.74, 6) is -0.496. The summed E-state index contributed by atoms with van der Waals surface area (Å²) >= 11 is 0. The summed E-state index contributed by atoms with van der Waals surface area (Å²) < 4.78 is 29.1. The Bertz CT molecular complexity index is 725. The number of aryl methyl sites for hydroxylation is 1. The van der Waals surface area contributed by atoms with Crippen LogP contribution in [0.1, 0.15) is 11.1 Å². The summed E-state index contributed by atoms with van der Waals surface area (Å²) in [7, 11) is -3.57. The van der Waals surface area contributed by atoms with Crippen LogP contribution >= 0.6 is 0 Å². The second-order valence-electron chi connectivity index (χ2n) is 4.81. The van der Waals surface area contributed by atoms with E-state index in [1.54, 1.807) is 12.1 Å². The van der Waals surface area contributed by atoms with E-state index >= 15 is 0 Å². The summed E-state index contributed by atoms with van der Waals surface area (Å²) in [5.41, 5.74) is 1.80. The SMILES string of the molecule is Cc1ccc(S(=O)(=O)CNC(=O)OCc2ccccc2)cc1. The Morgan fingerprint density at radius 3 is 2.32 bits per heavy atom. The number of carbonyl (C=O) groups excluding carboxylic acids is 1. The van der Waals surface area contributed by atoms with Crippen LogP contribution in [-0.4, -0.2) is 20.4 Å². The molecule has 1 N–H and O–H groups in total. The van der Waals surface area contributed by atoms with Crippen LogP contribution in [0.5, 0.6) is 0 Å². The number of hydrogen-bond donors (Lipinski definition) is 1. The fourth-order valence-corrected chi connectivity index (χ4v) is 2.78. The lowest BCUT2D eigenvalue weighted by molar-refractivity contribution is 0.141. The Labute approximate surface area is 129 Å². The van der Waals surface area contributed by atoms with E-state index in [-0.39, 0.29) is 11.5 Å². The van der Waals surface area contributed by atoms with Crippen LogP contribution in [0.15, 0.2) is 59.5 Å². The highest BCUT2D eigenvalue weighted by Crippen LogP contribution is 2.11. The Balaban J connectivity index is 1.86. The molecular weight excluding hydrogens is 302 g/mol. The molecule has 0 bridgehead atoms. The number of ether oxygens (including phenoxy) is 1. The molecule has 0 spiro atoms. The normalized spacial score (nSPS) is 11.0. The van der Waals surface area contributed by atoms with Crippen LogP contribution in [0.2, 0.25) is 0 Å². The van der Waals surface area contributed by atoms with Gasteiger partial charge in [0.1, 0.15) is 12.5 Å². The van der Waals surface area contributed by atoms with Crippen LogP contribution in [0.25, 0.3) is 0 Å². The van der Waals surface area contributed by atoms with Crippen molar-refractivity contribution < 1.29 is 17.9 Å². The van der Waals surface area contributed by atoms with E-state index in [0.717, 1.165) is 11.1 Å². The van der Waals surface area contributed by atoms with E-state index in [2.05, 4.69) is 5.32 Å². The summed E-state index contributed by atoms with van der Waals surface area (Å²) in [6.07, 6.45) is -0.764. The fraction of sp³-hybridized carbons (Fsp3) is 0.188. The minimum absolute atomic E-state index is 0.0945. The third-order valence-electron chi connectivity index (χ3n) is 3.00. The van der Waals surface area contributed by atoms with Crippen molar-refractivity contribution in [3.63, 3.8) is 0 Å². The number of sulfone groups is 1. The first kappa shape index (κ1) is 16.0. The first-order chi connectivity index (χ1) is 10.5. The summed E-state index contributed by atoms with van der Waals surface area (Å²) in [6.45, 7) is 1.97. The van der Waals surface area contributed by atoms with Crippen LogP contribution in [0, 0.1) is 6.92 Å². The van der Waals surface area contributed by atoms with Crippen LogP contribution in [0.4, 0.5) is 4.79 Å². The number of nitrogens with one attached hydrogen (secondary N) is 1. The maximum absolute atomic E-state index is 12.1. The lowest BCUT2D eigenvalue weighted by Crippen LogP contribution is -2.30. The van der Waals surface area contributed by atoms with Crippen LogP contribution in [0.3, 0.4) is 0 Å². The van der Waals surface area contributed by atoms with Gasteiger partial charge in [0.15, 0.2) is 9.84 Å². The van der Waals surface area contributed by atoms with Crippen molar-refractivity contribution in [1.82, 2.24) is 5.32 Å². The molecule has 0 aromatic heterocycles. The molecule has 1 amide bonds. The predicted octanol–water partition coefficient (Wildman–Crippen LogP) is 2.65. The number of amides is 1. The molecule has 0 fully saturated rings. The quantitative estimate of drug-likeness (QED) is 0.919. The summed E-state index contributed by atoms with van der Waals surface area (Å²) in [4.78, 5) is 11.7. The minimum Gasteiger partial charge on any atom is -0.445 e. The third kappa shape index (κ3) is 4.60. The number of benzene rings is 2. The van der Waals surface area contributed by atoms with Gasteiger partial charge in [-0.05, 0) is 24.6 Å². The largest absolute Gasteiger partial charge is 0.445 e. The maximum atomic E-state index is 12.1. The van der Waals surface area contributed by atoms with E-state index < -0.39 is 21.8 Å². The van der Waals surface area contributed by atoms with E-state index in [0.29, 0.717) is 0 Å². The molecule has 0 unspecified atom stereocenters. The molecule has 0 saturated heterocycles. The lowest BCUT2D eigenvalue weighted by Gasteiger charge is -2.08. The highest BCUT2D eigenvalue weighted by molar-refractivity contribution is 7.91. The smallest absolute Gasteiger partial charge is 0.408 e. The van der Waals surface area contributed by atoms with Gasteiger partial charge in [0.2, 0.25) is 0 Å². The van der Waals surface area contributed by atoms with Crippen molar-refractivity contribution in [1.29, 1.82) is 0 Å². The van der Waals surface area contributed by atoms with Crippen molar-refractivity contribution in [2.45, 2.75) is 18.4 Å². The molecule has 0 saturated carbocycles. The molecule has 0 heterocycles. The third-order valence-corrected chi connectivity index (χ3v) is 4.51. The average Bonchev–Trinajstić information content (AvgIpc) is 2.52. The average molecular weight is 319 g/mol. The monoisotopic (exact) mass is 319 g/mol. The van der Waals surface area contributed by atoms with Gasteiger partial charge in [0.05, 0.1) is 4.90 Å². The molecule has 2 rings (SSSR count). The van der Waals surface area contributed by atoms with Gasteiger partial charge >= 0.3 is 6.09 Å². The molecule has 6 heteroatoms. The van der Waals surface area contributed by atoms with Crippen molar-refractivity contribution >= 4 is 15.9 Å². The van der Waals surface area contributed by atoms with E-state index in [9.17, 15) is 13.2 Å². The van der Waals surface area contributed by atoms with Gasteiger partial charge in [-0.15, -0.1) is 0 Å². The van der Waals surface area contributed by atoms with Gasteiger partial charge in [0, 0.05) is 0 Å². The van der Waals surface area contributed by atoms with Crippen molar-refractivity contribution in [3.05, 3.63) is 65.7 Å². The Morgan fingerprint density at radius 1 is 1.05 bits per heavy atom. The molecule has 2 aromatic carbocycles. The van der Waals surface area contributed by atoms with Gasteiger partial charge in [-0.1, -0.05) is 48.0 Å². The zero-order chi connectivity index (χ0) is 16.0. The number of rotatable bonds is 5. The van der Waals surface area contributed by atoms with Gasteiger partial charge < -0.3 is 10.1 Å². The first-order valence-electron chi connectivity index (χ1n) is 6.71. The summed E-state index contributed by atoms with van der Waals surface area (Å²) in [5, 5.41) is 2.26. The maximum Gasteiger partial charge on any atom is 0.408 e. The van der Waals surface area contributed by atoms with Crippen LogP contribution < -0.4 is 5.32 Å². The van der Waals surface area contributed by atoms with Gasteiger partial charge in [-0.3, -0.25) is 0 Å². The van der Waals surface area contributed by atoms with Crippen molar-refractivity contribution in [2.75, 3.05) is 5.88 Å². The number of alkyl carbamates (subject to hydrolysis) is 1. The molecule has 2 aromatic rings. The fourth-order valence-electron chi connectivity index (χ4n) is 1.76. The number of carbonyl (C=O) groups is 1. The number of hydrogen-bond acceptors (Lipinski definition) is 4. The molecule has 0 aliphatic carbocycles. The molecule has 0 atom stereocenters. The van der Waals surface area contributed by atoms with E-state index in [1.165, 1.54) is 12.1 Å². The first-order valence-corrected chi connectivity index (χ1v) is 8.36. The second-order valence-corrected chi connectivity index (χ2v) is 6.80. The molecule has 0 radical (unpaired) electrons. The molecule has 0 aliphatic heterocycles. The topological polar surface area (TPSA) is 72.5 Å². The van der Waals surface area contributed by atoms with Gasteiger partial charge in [-0.2, -0.15) is 0 Å². The molecule has 22 heavy (non-hydrogen) atoms. The highest BCUT2D eigenvalue weighted by atomic mass is 32.2. The van der Waals surface area contributed by atoms with Crippen molar-refractivity contribution in [3.8, 4) is 0 Å². The van der Waals surface area contributed by atoms with Crippen LogP contribution in [-0.2, 0) is 21.2 Å². The lowest BCUT2D eigenvalue weighted by atomic mass is 10.2.